The molecule has 0 saturated carbocycles. The maximum Gasteiger partial charge on any atom is 0.337 e. The molecule has 2 aromatic heterocycles. The van der Waals surface area contributed by atoms with Crippen LogP contribution in [-0.4, -0.2) is 32.8 Å². The Balaban J connectivity index is 2.33. The van der Waals surface area contributed by atoms with E-state index in [0.29, 0.717) is 27.5 Å². The predicted octanol–water partition coefficient (Wildman–Crippen LogP) is 3.06. The minimum absolute atomic E-state index is 0.138. The number of nitrogens with zero attached hydrogens (tertiary/aromatic N) is 3. The maximum absolute atomic E-state index is 11.1. The highest BCUT2D eigenvalue weighted by Crippen LogP contribution is 2.36. The quantitative estimate of drug-likeness (QED) is 0.803. The molecule has 0 bridgehead atoms. The van der Waals surface area contributed by atoms with Crippen molar-refractivity contribution in [2.45, 2.75) is 6.92 Å². The van der Waals surface area contributed by atoms with Crippen LogP contribution >= 0.6 is 11.6 Å². The van der Waals surface area contributed by atoms with Crippen molar-refractivity contribution in [3.05, 3.63) is 46.9 Å². The van der Waals surface area contributed by atoms with Gasteiger partial charge in [-0.05, 0) is 30.7 Å². The van der Waals surface area contributed by atoms with E-state index in [1.165, 1.54) is 23.1 Å². The van der Waals surface area contributed by atoms with Crippen LogP contribution in [0.5, 0.6) is 5.75 Å². The Morgan fingerprint density at radius 2 is 2.14 bits per heavy atom. The third-order valence-electron chi connectivity index (χ3n) is 3.35. The van der Waals surface area contributed by atoms with Crippen molar-refractivity contribution >= 4 is 23.1 Å². The smallest absolute Gasteiger partial charge is 0.337 e. The zero-order chi connectivity index (χ0) is 15.9. The van der Waals surface area contributed by atoms with Gasteiger partial charge in [-0.15, -0.1) is 0 Å². The fourth-order valence-electron chi connectivity index (χ4n) is 2.43. The number of carbonyl (C=O) groups is 1. The van der Waals surface area contributed by atoms with Gasteiger partial charge in [-0.2, -0.15) is 5.10 Å². The number of carboxylic acids is 1. The Kier molecular flexibility index (Phi) is 3.46. The summed E-state index contributed by atoms with van der Waals surface area (Å²) in [5, 5.41) is 13.7. The van der Waals surface area contributed by atoms with E-state index < -0.39 is 5.97 Å². The summed E-state index contributed by atoms with van der Waals surface area (Å²) in [6.45, 7) is 1.88. The number of benzene rings is 1. The molecule has 0 aliphatic heterocycles. The Hall–Kier alpha value is -2.60. The third kappa shape index (κ3) is 2.27. The molecule has 0 aliphatic carbocycles. The highest BCUT2D eigenvalue weighted by Gasteiger charge is 2.17. The van der Waals surface area contributed by atoms with Crippen molar-refractivity contribution in [3.8, 4) is 17.0 Å². The average molecular weight is 318 g/mol. The Morgan fingerprint density at radius 3 is 2.82 bits per heavy atom. The number of fused-ring (bicyclic) bond motifs is 1. The number of aromatic carboxylic acids is 1. The second kappa shape index (κ2) is 5.31. The molecular weight excluding hydrogens is 306 g/mol. The standard InChI is InChI=1S/C15H12ClN3O3/c1-8-3-10(16)5-11(14(8)22-2)13-12-4-9(15(20)21)6-19(12)18-7-17-13/h3-7H,1-2H3,(H,20,21). The summed E-state index contributed by atoms with van der Waals surface area (Å²) < 4.78 is 6.92. The molecule has 7 heteroatoms. The van der Waals surface area contributed by atoms with Crippen LogP contribution in [0.3, 0.4) is 0 Å². The first-order chi connectivity index (χ1) is 10.5. The van der Waals surface area contributed by atoms with Crippen LogP contribution < -0.4 is 4.74 Å². The SMILES string of the molecule is COc1c(C)cc(Cl)cc1-c1ncnn2cc(C(=O)O)cc12. The molecule has 0 amide bonds. The molecule has 1 aromatic carbocycles. The van der Waals surface area contributed by atoms with Crippen molar-refractivity contribution in [1.29, 1.82) is 0 Å². The van der Waals surface area contributed by atoms with Gasteiger partial charge in [0.2, 0.25) is 0 Å². The van der Waals surface area contributed by atoms with Crippen molar-refractivity contribution in [2.24, 2.45) is 0 Å². The number of carboxylic acid groups (broad SMARTS) is 1. The van der Waals surface area contributed by atoms with E-state index in [1.54, 1.807) is 19.2 Å². The van der Waals surface area contributed by atoms with Gasteiger partial charge in [0.15, 0.2) is 0 Å². The van der Waals surface area contributed by atoms with E-state index in [2.05, 4.69) is 10.1 Å². The van der Waals surface area contributed by atoms with Crippen LogP contribution in [0.15, 0.2) is 30.7 Å². The number of ether oxygens (including phenoxy) is 1. The van der Waals surface area contributed by atoms with Gasteiger partial charge in [0.25, 0.3) is 0 Å². The second-order valence-electron chi connectivity index (χ2n) is 4.78. The van der Waals surface area contributed by atoms with Crippen LogP contribution in [0.4, 0.5) is 0 Å². The lowest BCUT2D eigenvalue weighted by molar-refractivity contribution is 0.0697. The first kappa shape index (κ1) is 14.3. The molecule has 6 nitrogen and oxygen atoms in total. The first-order valence-corrected chi connectivity index (χ1v) is 6.80. The first-order valence-electron chi connectivity index (χ1n) is 6.42. The number of rotatable bonds is 3. The molecule has 112 valence electrons. The second-order valence-corrected chi connectivity index (χ2v) is 5.21. The topological polar surface area (TPSA) is 76.7 Å². The molecule has 0 aliphatic rings. The van der Waals surface area contributed by atoms with E-state index in [0.717, 1.165) is 5.56 Å². The number of hydrogen-bond donors (Lipinski definition) is 1. The zero-order valence-corrected chi connectivity index (χ0v) is 12.6. The number of aromatic nitrogens is 3. The van der Waals surface area contributed by atoms with Crippen LogP contribution in [0, 0.1) is 6.92 Å². The fourth-order valence-corrected chi connectivity index (χ4v) is 2.70. The summed E-state index contributed by atoms with van der Waals surface area (Å²) in [6, 6.07) is 5.06. The van der Waals surface area contributed by atoms with Gasteiger partial charge in [-0.3, -0.25) is 0 Å². The summed E-state index contributed by atoms with van der Waals surface area (Å²) in [6.07, 6.45) is 2.80. The Labute approximate surface area is 130 Å². The van der Waals surface area contributed by atoms with Crippen molar-refractivity contribution in [2.75, 3.05) is 7.11 Å². The van der Waals surface area contributed by atoms with Crippen molar-refractivity contribution in [3.63, 3.8) is 0 Å². The molecule has 0 radical (unpaired) electrons. The van der Waals surface area contributed by atoms with Gasteiger partial charge >= 0.3 is 5.97 Å². The molecule has 2 heterocycles. The summed E-state index contributed by atoms with van der Waals surface area (Å²) in [5.74, 6) is -0.381. The van der Waals surface area contributed by atoms with Gasteiger partial charge < -0.3 is 9.84 Å². The van der Waals surface area contributed by atoms with Gasteiger partial charge in [0.05, 0.1) is 18.2 Å². The van der Waals surface area contributed by atoms with Crippen LogP contribution in [0.2, 0.25) is 5.02 Å². The summed E-state index contributed by atoms with van der Waals surface area (Å²) in [5.41, 5.74) is 2.82. The van der Waals surface area contributed by atoms with Crippen LogP contribution in [0.1, 0.15) is 15.9 Å². The van der Waals surface area contributed by atoms with Crippen molar-refractivity contribution < 1.29 is 14.6 Å². The normalized spacial score (nSPS) is 10.9. The Morgan fingerprint density at radius 1 is 1.36 bits per heavy atom. The number of methoxy groups -OCH3 is 1. The molecule has 0 unspecified atom stereocenters. The van der Waals surface area contributed by atoms with Gasteiger partial charge in [-0.25, -0.2) is 14.3 Å². The number of hydrogen-bond acceptors (Lipinski definition) is 4. The molecule has 3 rings (SSSR count). The molecule has 0 atom stereocenters. The Bertz CT molecular complexity index is 889. The van der Waals surface area contributed by atoms with E-state index >= 15 is 0 Å². The van der Waals surface area contributed by atoms with E-state index in [-0.39, 0.29) is 5.56 Å². The van der Waals surface area contributed by atoms with E-state index in [9.17, 15) is 4.79 Å². The van der Waals surface area contributed by atoms with Crippen molar-refractivity contribution in [1.82, 2.24) is 14.6 Å². The summed E-state index contributed by atoms with van der Waals surface area (Å²) >= 11 is 6.14. The largest absolute Gasteiger partial charge is 0.496 e. The van der Waals surface area contributed by atoms with Crippen LogP contribution in [-0.2, 0) is 0 Å². The molecule has 3 aromatic rings. The molecule has 22 heavy (non-hydrogen) atoms. The fraction of sp³-hybridized carbons (Fsp3) is 0.133. The zero-order valence-electron chi connectivity index (χ0n) is 11.9. The minimum Gasteiger partial charge on any atom is -0.496 e. The summed E-state index contributed by atoms with van der Waals surface area (Å²) in [4.78, 5) is 15.4. The molecule has 0 saturated heterocycles. The lowest BCUT2D eigenvalue weighted by Crippen LogP contribution is -1.98. The molecule has 0 fully saturated rings. The lowest BCUT2D eigenvalue weighted by atomic mass is 10.1. The summed E-state index contributed by atoms with van der Waals surface area (Å²) in [7, 11) is 1.57. The number of halogens is 1. The highest BCUT2D eigenvalue weighted by molar-refractivity contribution is 6.31. The highest BCUT2D eigenvalue weighted by atomic mass is 35.5. The number of aryl methyl sites for hydroxylation is 1. The molecule has 1 N–H and O–H groups in total. The molecule has 0 spiro atoms. The van der Waals surface area contributed by atoms with Gasteiger partial charge in [0.1, 0.15) is 17.8 Å². The minimum atomic E-state index is -1.02. The van der Waals surface area contributed by atoms with Gasteiger partial charge in [0, 0.05) is 16.8 Å². The lowest BCUT2D eigenvalue weighted by Gasteiger charge is -2.12. The monoisotopic (exact) mass is 317 g/mol. The van der Waals surface area contributed by atoms with Crippen LogP contribution in [0.25, 0.3) is 16.8 Å². The van der Waals surface area contributed by atoms with Gasteiger partial charge in [-0.1, -0.05) is 11.6 Å². The average Bonchev–Trinajstić information content (AvgIpc) is 2.90. The predicted molar refractivity (Wildman–Crippen MR) is 81.7 cm³/mol. The maximum atomic E-state index is 11.1. The third-order valence-corrected chi connectivity index (χ3v) is 3.57. The van der Waals surface area contributed by atoms with E-state index in [4.69, 9.17) is 21.4 Å². The molecular formula is C15H12ClN3O3. The van der Waals surface area contributed by atoms with E-state index in [1.807, 2.05) is 6.92 Å².